The molecule has 1 aromatic heterocycles. The van der Waals surface area contributed by atoms with Gasteiger partial charge in [0.05, 0.1) is 10.2 Å². The van der Waals surface area contributed by atoms with Crippen LogP contribution in [-0.4, -0.2) is 55.6 Å². The number of hydrogen-bond acceptors (Lipinski definition) is 6. The second-order valence-electron chi connectivity index (χ2n) is 7.12. The number of rotatable bonds is 5. The number of aromatic nitrogens is 1. The average molecular weight is 397 g/mol. The number of anilines is 2. The largest absolute Gasteiger partial charge is 0.484 e. The third kappa shape index (κ3) is 4.43. The summed E-state index contributed by atoms with van der Waals surface area (Å²) in [5.74, 6) is 0.523. The van der Waals surface area contributed by atoms with Gasteiger partial charge in [0, 0.05) is 31.9 Å². The fourth-order valence-corrected chi connectivity index (χ4v) is 4.23. The Morgan fingerprint density at radius 3 is 2.79 bits per heavy atom. The van der Waals surface area contributed by atoms with Crippen LogP contribution in [0.3, 0.4) is 0 Å². The summed E-state index contributed by atoms with van der Waals surface area (Å²) in [6, 6.07) is 13.5. The standard InChI is InChI=1S/C21H24N4O2S/c1-15-4-3-5-17(12-15)27-14-20(26)22-16-6-7-18-19(13-16)28-21(23-18)25-10-8-24(2)9-11-25/h3-7,12-13H,8-11,14H2,1-2H3,(H,22,26). The maximum atomic E-state index is 12.2. The van der Waals surface area contributed by atoms with Crippen LogP contribution >= 0.6 is 11.3 Å². The lowest BCUT2D eigenvalue weighted by atomic mass is 10.2. The molecule has 1 aliphatic heterocycles. The van der Waals surface area contributed by atoms with E-state index in [-0.39, 0.29) is 12.5 Å². The maximum absolute atomic E-state index is 12.2. The first kappa shape index (κ1) is 18.7. The van der Waals surface area contributed by atoms with Crippen LogP contribution in [0, 0.1) is 6.92 Å². The molecule has 3 aromatic rings. The molecule has 146 valence electrons. The van der Waals surface area contributed by atoms with Gasteiger partial charge in [0.1, 0.15) is 5.75 Å². The van der Waals surface area contributed by atoms with E-state index in [2.05, 4.69) is 22.2 Å². The number of fused-ring (bicyclic) bond motifs is 1. The number of aryl methyl sites for hydroxylation is 1. The van der Waals surface area contributed by atoms with Crippen LogP contribution < -0.4 is 15.0 Å². The minimum atomic E-state index is -0.176. The number of hydrogen-bond donors (Lipinski definition) is 1. The van der Waals surface area contributed by atoms with Crippen molar-refractivity contribution in [1.29, 1.82) is 0 Å². The van der Waals surface area contributed by atoms with E-state index in [1.807, 2.05) is 49.4 Å². The van der Waals surface area contributed by atoms with Crippen LogP contribution in [0.4, 0.5) is 10.8 Å². The Bertz CT molecular complexity index is 979. The molecule has 0 saturated carbocycles. The van der Waals surface area contributed by atoms with Crippen LogP contribution in [0.5, 0.6) is 5.75 Å². The number of piperazine rings is 1. The summed E-state index contributed by atoms with van der Waals surface area (Å²) in [6.45, 7) is 6.08. The topological polar surface area (TPSA) is 57.7 Å². The molecule has 2 aromatic carbocycles. The molecule has 1 amide bonds. The molecule has 6 nitrogen and oxygen atoms in total. The summed E-state index contributed by atoms with van der Waals surface area (Å²) in [5.41, 5.74) is 2.83. The quantitative estimate of drug-likeness (QED) is 0.717. The molecule has 2 heterocycles. The summed E-state index contributed by atoms with van der Waals surface area (Å²) in [5, 5.41) is 3.96. The third-order valence-corrected chi connectivity index (χ3v) is 5.87. The normalized spacial score (nSPS) is 15.0. The molecule has 0 bridgehead atoms. The fourth-order valence-electron chi connectivity index (χ4n) is 3.17. The minimum absolute atomic E-state index is 0.0171. The Morgan fingerprint density at radius 1 is 1.18 bits per heavy atom. The Morgan fingerprint density at radius 2 is 2.00 bits per heavy atom. The molecule has 1 saturated heterocycles. The molecule has 1 aliphatic rings. The van der Waals surface area contributed by atoms with Crippen molar-refractivity contribution < 1.29 is 9.53 Å². The predicted molar refractivity (Wildman–Crippen MR) is 115 cm³/mol. The highest BCUT2D eigenvalue weighted by Crippen LogP contribution is 2.31. The molecule has 0 spiro atoms. The smallest absolute Gasteiger partial charge is 0.262 e. The highest BCUT2D eigenvalue weighted by atomic mass is 32.1. The van der Waals surface area contributed by atoms with Gasteiger partial charge < -0.3 is 19.9 Å². The second kappa shape index (κ2) is 8.16. The Hall–Kier alpha value is -2.64. The van der Waals surface area contributed by atoms with E-state index in [1.54, 1.807) is 11.3 Å². The molecule has 0 aliphatic carbocycles. The number of nitrogens with one attached hydrogen (secondary N) is 1. The number of likely N-dealkylation sites (N-methyl/N-ethyl adjacent to an activating group) is 1. The second-order valence-corrected chi connectivity index (χ2v) is 8.13. The van der Waals surface area contributed by atoms with Crippen LogP contribution in [0.15, 0.2) is 42.5 Å². The van der Waals surface area contributed by atoms with Crippen LogP contribution in [0.25, 0.3) is 10.2 Å². The number of carbonyl (C=O) groups excluding carboxylic acids is 1. The van der Waals surface area contributed by atoms with Gasteiger partial charge in [-0.2, -0.15) is 0 Å². The zero-order valence-electron chi connectivity index (χ0n) is 16.1. The monoisotopic (exact) mass is 396 g/mol. The summed E-state index contributed by atoms with van der Waals surface area (Å²) in [6.07, 6.45) is 0. The van der Waals surface area contributed by atoms with Crippen molar-refractivity contribution in [3.63, 3.8) is 0 Å². The van der Waals surface area contributed by atoms with E-state index in [1.165, 1.54) is 0 Å². The molecule has 28 heavy (non-hydrogen) atoms. The van der Waals surface area contributed by atoms with E-state index >= 15 is 0 Å². The molecule has 4 rings (SSSR count). The Balaban J connectivity index is 1.39. The van der Waals surface area contributed by atoms with Crippen molar-refractivity contribution in [2.45, 2.75) is 6.92 Å². The van der Waals surface area contributed by atoms with Crippen molar-refractivity contribution in [2.75, 3.05) is 50.1 Å². The average Bonchev–Trinajstić information content (AvgIpc) is 3.10. The molecule has 1 fully saturated rings. The van der Waals surface area contributed by atoms with Crippen LogP contribution in [0.2, 0.25) is 0 Å². The molecule has 0 atom stereocenters. The van der Waals surface area contributed by atoms with Gasteiger partial charge in [-0.3, -0.25) is 4.79 Å². The van der Waals surface area contributed by atoms with Crippen LogP contribution in [-0.2, 0) is 4.79 Å². The fraction of sp³-hybridized carbons (Fsp3) is 0.333. The Labute approximate surface area is 168 Å². The first-order chi connectivity index (χ1) is 13.6. The number of carbonyl (C=O) groups is 1. The van der Waals surface area contributed by atoms with Gasteiger partial charge in [0.2, 0.25) is 0 Å². The van der Waals surface area contributed by atoms with E-state index in [4.69, 9.17) is 9.72 Å². The van der Waals surface area contributed by atoms with Crippen molar-refractivity contribution in [1.82, 2.24) is 9.88 Å². The van der Waals surface area contributed by atoms with Gasteiger partial charge in [-0.25, -0.2) is 4.98 Å². The number of ether oxygens (including phenoxy) is 1. The number of amides is 1. The summed E-state index contributed by atoms with van der Waals surface area (Å²) < 4.78 is 6.64. The number of nitrogens with zero attached hydrogens (tertiary/aromatic N) is 3. The van der Waals surface area contributed by atoms with Gasteiger partial charge in [-0.1, -0.05) is 23.5 Å². The summed E-state index contributed by atoms with van der Waals surface area (Å²) in [7, 11) is 2.15. The highest BCUT2D eigenvalue weighted by molar-refractivity contribution is 7.22. The summed E-state index contributed by atoms with van der Waals surface area (Å²) >= 11 is 1.67. The van der Waals surface area contributed by atoms with Gasteiger partial charge >= 0.3 is 0 Å². The van der Waals surface area contributed by atoms with Gasteiger partial charge in [-0.05, 0) is 49.9 Å². The van der Waals surface area contributed by atoms with Gasteiger partial charge in [-0.15, -0.1) is 0 Å². The molecule has 0 radical (unpaired) electrons. The van der Waals surface area contributed by atoms with Crippen LogP contribution in [0.1, 0.15) is 5.56 Å². The van der Waals surface area contributed by atoms with E-state index in [0.717, 1.165) is 52.8 Å². The summed E-state index contributed by atoms with van der Waals surface area (Å²) in [4.78, 5) is 21.6. The molecule has 7 heteroatoms. The van der Waals surface area contributed by atoms with E-state index in [0.29, 0.717) is 5.75 Å². The number of benzene rings is 2. The zero-order chi connectivity index (χ0) is 19.5. The Kier molecular flexibility index (Phi) is 5.45. The van der Waals surface area contributed by atoms with Crippen molar-refractivity contribution in [3.8, 4) is 5.75 Å². The lowest BCUT2D eigenvalue weighted by Gasteiger charge is -2.31. The first-order valence-corrected chi connectivity index (χ1v) is 10.2. The van der Waals surface area contributed by atoms with Crippen molar-refractivity contribution >= 4 is 38.3 Å². The van der Waals surface area contributed by atoms with E-state index < -0.39 is 0 Å². The first-order valence-electron chi connectivity index (χ1n) is 9.40. The van der Waals surface area contributed by atoms with Crippen molar-refractivity contribution in [2.24, 2.45) is 0 Å². The zero-order valence-corrected chi connectivity index (χ0v) is 17.0. The van der Waals surface area contributed by atoms with Crippen molar-refractivity contribution in [3.05, 3.63) is 48.0 Å². The third-order valence-electron chi connectivity index (χ3n) is 4.79. The molecular weight excluding hydrogens is 372 g/mol. The van der Waals surface area contributed by atoms with Gasteiger partial charge in [0.25, 0.3) is 5.91 Å². The number of thiazole rings is 1. The lowest BCUT2D eigenvalue weighted by Crippen LogP contribution is -2.44. The molecular formula is C21H24N4O2S. The molecule has 0 unspecified atom stereocenters. The SMILES string of the molecule is Cc1cccc(OCC(=O)Nc2ccc3nc(N4CCN(C)CC4)sc3c2)c1. The lowest BCUT2D eigenvalue weighted by molar-refractivity contribution is -0.118. The van der Waals surface area contributed by atoms with Gasteiger partial charge in [0.15, 0.2) is 11.7 Å². The highest BCUT2D eigenvalue weighted by Gasteiger charge is 2.17. The maximum Gasteiger partial charge on any atom is 0.262 e. The predicted octanol–water partition coefficient (Wildman–Crippen LogP) is 3.37. The minimum Gasteiger partial charge on any atom is -0.484 e. The van der Waals surface area contributed by atoms with E-state index in [9.17, 15) is 4.79 Å². The molecule has 1 N–H and O–H groups in total.